The number of likely N-dealkylation sites (N-methyl/N-ethyl adjacent to an activating group) is 1. The predicted molar refractivity (Wildman–Crippen MR) is 132 cm³/mol. The summed E-state index contributed by atoms with van der Waals surface area (Å²) in [5.74, 6) is -0.370. The molecule has 0 aliphatic carbocycles. The minimum atomic E-state index is -0.733. The Morgan fingerprint density at radius 1 is 1.06 bits per heavy atom. The number of methoxy groups -OCH3 is 1. The van der Waals surface area contributed by atoms with Crippen LogP contribution in [0.15, 0.2) is 54.1 Å². The Balaban J connectivity index is 2.05. The van der Waals surface area contributed by atoms with E-state index in [0.717, 1.165) is 19.3 Å². The van der Waals surface area contributed by atoms with Crippen molar-refractivity contribution in [2.45, 2.75) is 32.2 Å². The standard InChI is InChI=1S/C27H34N2O5/c1-5-6-10-17-34-21-14-13-20(18-22(21)33-4)24-23(25(30)19-11-8-7-9-12-19)26(31)27(32)29(24)16-15-28(2)3/h7-9,11-14,18,24,30H,5-6,10,15-17H2,1-4H3/b25-23+. The van der Waals surface area contributed by atoms with Gasteiger partial charge >= 0.3 is 0 Å². The normalized spacial score (nSPS) is 17.4. The summed E-state index contributed by atoms with van der Waals surface area (Å²) in [6.07, 6.45) is 3.13. The van der Waals surface area contributed by atoms with Gasteiger partial charge in [-0.15, -0.1) is 0 Å². The van der Waals surface area contributed by atoms with Crippen molar-refractivity contribution in [3.63, 3.8) is 0 Å². The zero-order valence-corrected chi connectivity index (χ0v) is 20.4. The Bertz CT molecular complexity index is 1030. The lowest BCUT2D eigenvalue weighted by atomic mass is 9.95. The third-order valence-corrected chi connectivity index (χ3v) is 5.88. The molecule has 0 saturated carbocycles. The Kier molecular flexibility index (Phi) is 8.71. The summed E-state index contributed by atoms with van der Waals surface area (Å²) >= 11 is 0. The highest BCUT2D eigenvalue weighted by Gasteiger charge is 2.46. The zero-order chi connectivity index (χ0) is 24.7. The first kappa shape index (κ1) is 25.3. The minimum Gasteiger partial charge on any atom is -0.507 e. The largest absolute Gasteiger partial charge is 0.507 e. The smallest absolute Gasteiger partial charge is 0.295 e. The first-order valence-corrected chi connectivity index (χ1v) is 11.7. The summed E-state index contributed by atoms with van der Waals surface area (Å²) in [6.45, 7) is 3.63. The number of Topliss-reactive ketones (excluding diaryl/α,β-unsaturated/α-hetero) is 1. The van der Waals surface area contributed by atoms with E-state index in [4.69, 9.17) is 9.47 Å². The Labute approximate surface area is 201 Å². The second-order valence-electron chi connectivity index (χ2n) is 8.63. The number of amides is 1. The van der Waals surface area contributed by atoms with E-state index >= 15 is 0 Å². The van der Waals surface area contributed by atoms with Gasteiger partial charge in [-0.05, 0) is 38.2 Å². The lowest BCUT2D eigenvalue weighted by Gasteiger charge is -2.27. The number of unbranched alkanes of at least 4 members (excludes halogenated alkanes) is 2. The van der Waals surface area contributed by atoms with Crippen LogP contribution in [0.4, 0.5) is 0 Å². The van der Waals surface area contributed by atoms with Crippen molar-refractivity contribution in [3.8, 4) is 11.5 Å². The molecule has 7 heteroatoms. The van der Waals surface area contributed by atoms with Crippen LogP contribution < -0.4 is 9.47 Å². The summed E-state index contributed by atoms with van der Waals surface area (Å²) in [4.78, 5) is 29.6. The van der Waals surface area contributed by atoms with Crippen LogP contribution in [0.25, 0.3) is 5.76 Å². The number of aliphatic hydroxyl groups excluding tert-OH is 1. The highest BCUT2D eigenvalue weighted by Crippen LogP contribution is 2.41. The lowest BCUT2D eigenvalue weighted by Crippen LogP contribution is -2.35. The van der Waals surface area contributed by atoms with Gasteiger partial charge in [0.25, 0.3) is 11.7 Å². The number of benzene rings is 2. The highest BCUT2D eigenvalue weighted by molar-refractivity contribution is 6.46. The van der Waals surface area contributed by atoms with Crippen LogP contribution in [-0.2, 0) is 9.59 Å². The summed E-state index contributed by atoms with van der Waals surface area (Å²) in [5.41, 5.74) is 1.24. The lowest BCUT2D eigenvalue weighted by molar-refractivity contribution is -0.140. The van der Waals surface area contributed by atoms with Crippen LogP contribution in [0.5, 0.6) is 11.5 Å². The summed E-state index contributed by atoms with van der Waals surface area (Å²) in [5, 5.41) is 11.1. The Morgan fingerprint density at radius 3 is 2.44 bits per heavy atom. The van der Waals surface area contributed by atoms with Gasteiger partial charge in [0.15, 0.2) is 11.5 Å². The molecule has 1 aliphatic rings. The van der Waals surface area contributed by atoms with Gasteiger partial charge in [0, 0.05) is 18.7 Å². The Hall–Kier alpha value is -3.32. The molecule has 1 amide bonds. The zero-order valence-electron chi connectivity index (χ0n) is 20.4. The monoisotopic (exact) mass is 466 g/mol. The van der Waals surface area contributed by atoms with Crippen molar-refractivity contribution in [3.05, 3.63) is 65.2 Å². The van der Waals surface area contributed by atoms with Crippen LogP contribution in [-0.4, -0.2) is 67.5 Å². The molecule has 1 atom stereocenters. The fraction of sp³-hybridized carbons (Fsp3) is 0.407. The van der Waals surface area contributed by atoms with Gasteiger partial charge in [0.2, 0.25) is 0 Å². The van der Waals surface area contributed by atoms with E-state index in [1.807, 2.05) is 31.1 Å². The van der Waals surface area contributed by atoms with Crippen LogP contribution in [0.3, 0.4) is 0 Å². The summed E-state index contributed by atoms with van der Waals surface area (Å²) < 4.78 is 11.5. The minimum absolute atomic E-state index is 0.0774. The number of ketones is 1. The van der Waals surface area contributed by atoms with E-state index in [1.165, 1.54) is 4.90 Å². The Morgan fingerprint density at radius 2 is 1.79 bits per heavy atom. The topological polar surface area (TPSA) is 79.3 Å². The molecule has 1 N–H and O–H groups in total. The first-order chi connectivity index (χ1) is 16.4. The number of likely N-dealkylation sites (tertiary alicyclic amines) is 1. The highest BCUT2D eigenvalue weighted by atomic mass is 16.5. The van der Waals surface area contributed by atoms with Crippen LogP contribution in [0.2, 0.25) is 0 Å². The molecule has 1 saturated heterocycles. The second-order valence-corrected chi connectivity index (χ2v) is 8.63. The van der Waals surface area contributed by atoms with E-state index in [9.17, 15) is 14.7 Å². The van der Waals surface area contributed by atoms with Crippen LogP contribution in [0, 0.1) is 0 Å². The SMILES string of the molecule is CCCCCOc1ccc(C2/C(=C(\O)c3ccccc3)C(=O)C(=O)N2CCN(C)C)cc1OC. The molecule has 34 heavy (non-hydrogen) atoms. The average molecular weight is 467 g/mol. The number of nitrogens with zero attached hydrogens (tertiary/aromatic N) is 2. The number of carbonyl (C=O) groups excluding carboxylic acids is 2. The molecule has 0 bridgehead atoms. The number of hydrogen-bond acceptors (Lipinski definition) is 6. The molecule has 7 nitrogen and oxygen atoms in total. The molecule has 1 fully saturated rings. The maximum Gasteiger partial charge on any atom is 0.295 e. The van der Waals surface area contributed by atoms with E-state index in [2.05, 4.69) is 6.92 Å². The molecule has 2 aromatic carbocycles. The fourth-order valence-corrected chi connectivity index (χ4v) is 4.02. The van der Waals surface area contributed by atoms with Gasteiger partial charge in [-0.2, -0.15) is 0 Å². The van der Waals surface area contributed by atoms with E-state index in [1.54, 1.807) is 43.5 Å². The number of rotatable bonds is 11. The molecule has 3 rings (SSSR count). The van der Waals surface area contributed by atoms with Crippen molar-refractivity contribution >= 4 is 17.4 Å². The van der Waals surface area contributed by atoms with E-state index < -0.39 is 17.7 Å². The molecule has 0 spiro atoms. The van der Waals surface area contributed by atoms with Crippen molar-refractivity contribution < 1.29 is 24.2 Å². The molecule has 2 aromatic rings. The van der Waals surface area contributed by atoms with Crippen molar-refractivity contribution in [1.82, 2.24) is 9.80 Å². The molecule has 182 valence electrons. The maximum atomic E-state index is 13.1. The van der Waals surface area contributed by atoms with Crippen molar-refractivity contribution in [2.24, 2.45) is 0 Å². The quantitative estimate of drug-likeness (QED) is 0.231. The van der Waals surface area contributed by atoms with Crippen molar-refractivity contribution in [1.29, 1.82) is 0 Å². The molecule has 1 aliphatic heterocycles. The summed E-state index contributed by atoms with van der Waals surface area (Å²) in [7, 11) is 5.37. The van der Waals surface area contributed by atoms with E-state index in [-0.39, 0.29) is 11.3 Å². The van der Waals surface area contributed by atoms with Gasteiger partial charge < -0.3 is 24.4 Å². The molecule has 0 radical (unpaired) electrons. The number of carbonyl (C=O) groups is 2. The number of hydrogen-bond donors (Lipinski definition) is 1. The molecular weight excluding hydrogens is 432 g/mol. The third kappa shape index (κ3) is 5.59. The van der Waals surface area contributed by atoms with Crippen molar-refractivity contribution in [2.75, 3.05) is 40.9 Å². The van der Waals surface area contributed by atoms with Gasteiger partial charge in [0.05, 0.1) is 25.3 Å². The predicted octanol–water partition coefficient (Wildman–Crippen LogP) is 4.25. The molecule has 1 heterocycles. The molecular formula is C27H34N2O5. The van der Waals surface area contributed by atoms with Gasteiger partial charge in [-0.1, -0.05) is 56.2 Å². The maximum absolute atomic E-state index is 13.1. The van der Waals surface area contributed by atoms with Gasteiger partial charge in [-0.25, -0.2) is 0 Å². The average Bonchev–Trinajstić information content (AvgIpc) is 3.10. The molecule has 0 aromatic heterocycles. The second kappa shape index (κ2) is 11.7. The van der Waals surface area contributed by atoms with Crippen LogP contribution in [0.1, 0.15) is 43.4 Å². The fourth-order valence-electron chi connectivity index (χ4n) is 4.02. The first-order valence-electron chi connectivity index (χ1n) is 11.7. The number of aliphatic hydroxyl groups is 1. The van der Waals surface area contributed by atoms with Gasteiger partial charge in [-0.3, -0.25) is 9.59 Å². The number of ether oxygens (including phenoxy) is 2. The van der Waals surface area contributed by atoms with E-state index in [0.29, 0.717) is 42.3 Å². The van der Waals surface area contributed by atoms with Gasteiger partial charge in [0.1, 0.15) is 5.76 Å². The summed E-state index contributed by atoms with van der Waals surface area (Å²) in [6, 6.07) is 13.5. The third-order valence-electron chi connectivity index (χ3n) is 5.88. The van der Waals surface area contributed by atoms with Crippen LogP contribution >= 0.6 is 0 Å². The molecule has 1 unspecified atom stereocenters.